The minimum atomic E-state index is -1.75. The predicted molar refractivity (Wildman–Crippen MR) is 148 cm³/mol. The van der Waals surface area contributed by atoms with Gasteiger partial charge in [0.1, 0.15) is 23.6 Å². The Labute approximate surface area is 240 Å². The molecule has 2 amide bonds. The van der Waals surface area contributed by atoms with E-state index in [1.54, 1.807) is 0 Å². The summed E-state index contributed by atoms with van der Waals surface area (Å²) in [4.78, 5) is 25.1. The Kier molecular flexibility index (Phi) is 8.22. The highest BCUT2D eigenvalue weighted by atomic mass is 35.5. The number of rotatable bonds is 7. The number of halogens is 4. The summed E-state index contributed by atoms with van der Waals surface area (Å²) in [5.41, 5.74) is 3.05. The molecule has 2 heterocycles. The van der Waals surface area contributed by atoms with Gasteiger partial charge in [0.15, 0.2) is 5.82 Å². The van der Waals surface area contributed by atoms with Crippen LogP contribution in [0.2, 0.25) is 10.0 Å². The van der Waals surface area contributed by atoms with E-state index in [1.165, 1.54) is 47.3 Å². The average molecular weight is 589 g/mol. The summed E-state index contributed by atoms with van der Waals surface area (Å²) in [6, 6.07) is 10.0. The van der Waals surface area contributed by atoms with E-state index in [0.29, 0.717) is 6.42 Å². The average Bonchev–Trinajstić information content (AvgIpc) is 3.41. The van der Waals surface area contributed by atoms with Gasteiger partial charge in [-0.3, -0.25) is 14.3 Å². The first-order valence-corrected chi connectivity index (χ1v) is 13.2. The zero-order chi connectivity index (χ0) is 29.4. The van der Waals surface area contributed by atoms with Crippen LogP contribution in [0.1, 0.15) is 44.2 Å². The third-order valence-corrected chi connectivity index (χ3v) is 7.47. The van der Waals surface area contributed by atoms with Crippen molar-refractivity contribution in [3.05, 3.63) is 81.5 Å². The maximum Gasteiger partial charge on any atom is 0.243 e. The van der Waals surface area contributed by atoms with Crippen molar-refractivity contribution in [2.45, 2.75) is 57.2 Å². The summed E-state index contributed by atoms with van der Waals surface area (Å²) in [5, 5.41) is 20.8. The Morgan fingerprint density at radius 2 is 1.95 bits per heavy atom. The first kappa shape index (κ1) is 29.5. The summed E-state index contributed by atoms with van der Waals surface area (Å²) in [5.74, 6) is -3.94. The van der Waals surface area contributed by atoms with E-state index in [-0.39, 0.29) is 38.9 Å². The molecule has 210 valence electrons. The summed E-state index contributed by atoms with van der Waals surface area (Å²) < 4.78 is 32.6. The molecule has 0 spiro atoms. The third kappa shape index (κ3) is 5.68. The van der Waals surface area contributed by atoms with Gasteiger partial charge < -0.3 is 16.4 Å². The van der Waals surface area contributed by atoms with Crippen LogP contribution in [0.4, 0.5) is 14.6 Å². The molecule has 0 radical (unpaired) electrons. The second-order valence-electron chi connectivity index (χ2n) is 11.0. The third-order valence-electron chi connectivity index (χ3n) is 6.94. The van der Waals surface area contributed by atoms with Crippen LogP contribution >= 0.6 is 23.2 Å². The molecule has 1 aromatic heterocycles. The van der Waals surface area contributed by atoms with Crippen LogP contribution in [-0.4, -0.2) is 33.7 Å². The van der Waals surface area contributed by atoms with Crippen molar-refractivity contribution in [2.75, 3.05) is 5.32 Å². The van der Waals surface area contributed by atoms with Gasteiger partial charge in [0.2, 0.25) is 11.8 Å². The highest BCUT2D eigenvalue weighted by Gasteiger charge is 2.61. The van der Waals surface area contributed by atoms with E-state index in [4.69, 9.17) is 28.9 Å². The molecule has 0 aliphatic carbocycles. The Hall–Kier alpha value is -3.52. The van der Waals surface area contributed by atoms with Crippen molar-refractivity contribution in [3.63, 3.8) is 0 Å². The largest absolute Gasteiger partial charge is 0.368 e. The fourth-order valence-corrected chi connectivity index (χ4v) is 5.78. The number of hydrogen-bond donors (Lipinski definition) is 3. The molecule has 1 aliphatic rings. The molecule has 4 atom stereocenters. The fourth-order valence-electron chi connectivity index (χ4n) is 5.44. The van der Waals surface area contributed by atoms with Gasteiger partial charge in [-0.05, 0) is 35.6 Å². The molecule has 2 aromatic carbocycles. The van der Waals surface area contributed by atoms with Crippen LogP contribution in [0, 0.1) is 28.4 Å². The van der Waals surface area contributed by atoms with Gasteiger partial charge in [-0.1, -0.05) is 62.2 Å². The topological polar surface area (TPSA) is 126 Å². The van der Waals surface area contributed by atoms with Crippen LogP contribution in [0.3, 0.4) is 0 Å². The predicted octanol–water partition coefficient (Wildman–Crippen LogP) is 4.91. The van der Waals surface area contributed by atoms with E-state index in [9.17, 15) is 14.9 Å². The van der Waals surface area contributed by atoms with Gasteiger partial charge in [-0.15, -0.1) is 0 Å². The quantitative estimate of drug-likeness (QED) is 0.361. The maximum atomic E-state index is 15.7. The highest BCUT2D eigenvalue weighted by molar-refractivity contribution is 6.31. The van der Waals surface area contributed by atoms with Gasteiger partial charge in [0.05, 0.1) is 17.1 Å². The number of anilines is 1. The highest BCUT2D eigenvalue weighted by Crippen LogP contribution is 2.52. The van der Waals surface area contributed by atoms with Gasteiger partial charge in [0.25, 0.3) is 0 Å². The molecule has 12 heteroatoms. The lowest BCUT2D eigenvalue weighted by atomic mass is 9.62. The van der Waals surface area contributed by atoms with Crippen LogP contribution in [0.25, 0.3) is 0 Å². The number of aromatic nitrogens is 2. The number of hydrogen-bond acceptors (Lipinski definition) is 5. The molecular weight excluding hydrogens is 561 g/mol. The van der Waals surface area contributed by atoms with Crippen molar-refractivity contribution >= 4 is 40.8 Å². The lowest BCUT2D eigenvalue weighted by molar-refractivity contribution is -0.119. The summed E-state index contributed by atoms with van der Waals surface area (Å²) >= 11 is 12.2. The zero-order valence-electron chi connectivity index (χ0n) is 22.0. The first-order chi connectivity index (χ1) is 18.8. The van der Waals surface area contributed by atoms with Crippen LogP contribution < -0.4 is 16.4 Å². The van der Waals surface area contributed by atoms with E-state index in [1.807, 2.05) is 20.8 Å². The lowest BCUT2D eigenvalue weighted by Gasteiger charge is -2.37. The van der Waals surface area contributed by atoms with Gasteiger partial charge in [-0.2, -0.15) is 10.4 Å². The zero-order valence-corrected chi connectivity index (χ0v) is 23.5. The summed E-state index contributed by atoms with van der Waals surface area (Å²) in [6.07, 6.45) is 1.79. The van der Waals surface area contributed by atoms with Crippen molar-refractivity contribution in [1.82, 2.24) is 15.1 Å². The Morgan fingerprint density at radius 1 is 1.23 bits per heavy atom. The molecule has 1 aliphatic heterocycles. The van der Waals surface area contributed by atoms with Gasteiger partial charge in [-0.25, -0.2) is 8.78 Å². The number of carbonyl (C=O) groups excluding carboxylic acids is 2. The first-order valence-electron chi connectivity index (χ1n) is 12.5. The molecule has 1 fully saturated rings. The summed E-state index contributed by atoms with van der Waals surface area (Å²) in [7, 11) is 0. The minimum Gasteiger partial charge on any atom is -0.368 e. The fraction of sp³-hybridized carbons (Fsp3) is 0.357. The molecule has 1 saturated heterocycles. The number of nitrogens with zero attached hydrogens (tertiary/aromatic N) is 3. The Morgan fingerprint density at radius 3 is 2.58 bits per heavy atom. The van der Waals surface area contributed by atoms with Crippen molar-refractivity contribution in [3.8, 4) is 6.07 Å². The second-order valence-corrected chi connectivity index (χ2v) is 11.9. The number of nitrogens with one attached hydrogen (secondary N) is 2. The van der Waals surface area contributed by atoms with Crippen molar-refractivity contribution < 1.29 is 18.4 Å². The van der Waals surface area contributed by atoms with Crippen LogP contribution in [0.5, 0.6) is 0 Å². The van der Waals surface area contributed by atoms with Gasteiger partial charge in [0, 0.05) is 34.8 Å². The Balaban J connectivity index is 1.91. The number of nitrogens with two attached hydrogens (primary N) is 1. The number of nitriles is 1. The van der Waals surface area contributed by atoms with Crippen LogP contribution in [0.15, 0.2) is 48.7 Å². The molecule has 8 nitrogen and oxygen atoms in total. The number of benzene rings is 2. The Bertz CT molecular complexity index is 1500. The minimum absolute atomic E-state index is 0.0216. The van der Waals surface area contributed by atoms with E-state index < -0.39 is 46.9 Å². The molecule has 0 bridgehead atoms. The molecule has 0 saturated carbocycles. The molecule has 4 unspecified atom stereocenters. The second kappa shape index (κ2) is 11.2. The van der Waals surface area contributed by atoms with Gasteiger partial charge >= 0.3 is 0 Å². The monoisotopic (exact) mass is 588 g/mol. The van der Waals surface area contributed by atoms with Crippen LogP contribution in [-0.2, 0) is 21.5 Å². The normalized spacial score (nSPS) is 22.6. The molecule has 3 aromatic rings. The molecular formula is C28H28Cl2F2N6O2. The standard InChI is InChI=1S/C28H28Cl2F2N6O2/c1-27(2,3)12-20-28(14-33,17-8-7-15(29)11-19(17)31)23(16-5-4-6-18(30)24(16)32)25(35-20)26(40)36-22-9-10-38(37-22)13-21(34)39/h4-11,20,23,25,35H,12-13H2,1-3H3,(H2,34,39)(H,36,37,40). The lowest BCUT2D eigenvalue weighted by Crippen LogP contribution is -2.45. The van der Waals surface area contributed by atoms with Crippen molar-refractivity contribution in [1.29, 1.82) is 5.26 Å². The molecule has 40 heavy (non-hydrogen) atoms. The SMILES string of the molecule is CC(C)(C)CC1NC(C(=O)Nc2ccn(CC(N)=O)n2)C(c2cccc(Cl)c2F)C1(C#N)c1ccc(Cl)cc1F. The van der Waals surface area contributed by atoms with E-state index in [2.05, 4.69) is 21.8 Å². The van der Waals surface area contributed by atoms with Crippen molar-refractivity contribution in [2.24, 2.45) is 11.1 Å². The number of amides is 2. The molecule has 4 N–H and O–H groups in total. The van der Waals surface area contributed by atoms with E-state index >= 15 is 8.78 Å². The van der Waals surface area contributed by atoms with E-state index in [0.717, 1.165) is 6.07 Å². The number of carbonyl (C=O) groups is 2. The number of primary amides is 1. The maximum absolute atomic E-state index is 15.7. The smallest absolute Gasteiger partial charge is 0.243 e. The molecule has 4 rings (SSSR count). The summed E-state index contributed by atoms with van der Waals surface area (Å²) in [6.45, 7) is 5.64.